The Morgan fingerprint density at radius 2 is 1.96 bits per heavy atom. The number of esters is 1. The summed E-state index contributed by atoms with van der Waals surface area (Å²) in [5.41, 5.74) is 0.225. The predicted molar refractivity (Wildman–Crippen MR) is 86.5 cm³/mol. The number of halogens is 1. The van der Waals surface area contributed by atoms with Gasteiger partial charge in [-0.2, -0.15) is 0 Å². The summed E-state index contributed by atoms with van der Waals surface area (Å²) in [5, 5.41) is 0. The molecule has 0 aliphatic carbocycles. The SMILES string of the molecule is COC(=O)[C@H]1C[C@H](Oc2ccccc2F)CN1C(=O)c1ccccn1. The van der Waals surface area contributed by atoms with Gasteiger partial charge in [0.25, 0.3) is 5.91 Å². The van der Waals surface area contributed by atoms with E-state index in [4.69, 9.17) is 9.47 Å². The Morgan fingerprint density at radius 1 is 1.20 bits per heavy atom. The van der Waals surface area contributed by atoms with Crippen molar-refractivity contribution in [3.05, 3.63) is 60.2 Å². The smallest absolute Gasteiger partial charge is 0.328 e. The maximum absolute atomic E-state index is 13.8. The number of nitrogens with zero attached hydrogens (tertiary/aromatic N) is 2. The molecule has 1 saturated heterocycles. The monoisotopic (exact) mass is 344 g/mol. The van der Waals surface area contributed by atoms with Gasteiger partial charge in [0.2, 0.25) is 0 Å². The van der Waals surface area contributed by atoms with E-state index in [9.17, 15) is 14.0 Å². The summed E-state index contributed by atoms with van der Waals surface area (Å²) < 4.78 is 24.2. The first-order chi connectivity index (χ1) is 12.1. The number of rotatable bonds is 4. The molecule has 0 N–H and O–H groups in total. The molecule has 1 aromatic carbocycles. The molecule has 2 atom stereocenters. The Balaban J connectivity index is 1.80. The van der Waals surface area contributed by atoms with E-state index in [2.05, 4.69) is 4.98 Å². The molecule has 1 aliphatic heterocycles. The first kappa shape index (κ1) is 16.9. The second-order valence-electron chi connectivity index (χ2n) is 5.62. The molecule has 2 aromatic rings. The molecule has 0 bridgehead atoms. The summed E-state index contributed by atoms with van der Waals surface area (Å²) in [4.78, 5) is 30.1. The topological polar surface area (TPSA) is 68.7 Å². The number of carbonyl (C=O) groups excluding carboxylic acids is 2. The van der Waals surface area contributed by atoms with Crippen molar-refractivity contribution in [2.24, 2.45) is 0 Å². The predicted octanol–water partition coefficient (Wildman–Crippen LogP) is 2.06. The minimum Gasteiger partial charge on any atom is -0.485 e. The molecule has 0 unspecified atom stereocenters. The summed E-state index contributed by atoms with van der Waals surface area (Å²) in [6.45, 7) is 0.142. The lowest BCUT2D eigenvalue weighted by Crippen LogP contribution is -2.41. The zero-order chi connectivity index (χ0) is 17.8. The number of methoxy groups -OCH3 is 1. The molecular formula is C18H17FN2O4. The van der Waals surface area contributed by atoms with E-state index in [0.717, 1.165) is 0 Å². The largest absolute Gasteiger partial charge is 0.485 e. The standard InChI is InChI=1S/C18H17FN2O4/c1-24-18(23)15-10-12(25-16-8-3-2-6-13(16)19)11-21(15)17(22)14-7-4-5-9-20-14/h2-9,12,15H,10-11H2,1H3/t12-,15+/m0/s1. The van der Waals surface area contributed by atoms with Crippen LogP contribution >= 0.6 is 0 Å². The zero-order valence-electron chi connectivity index (χ0n) is 13.6. The fourth-order valence-electron chi connectivity index (χ4n) is 2.82. The maximum Gasteiger partial charge on any atom is 0.328 e. The van der Waals surface area contributed by atoms with E-state index in [0.29, 0.717) is 0 Å². The Kier molecular flexibility index (Phi) is 4.92. The van der Waals surface area contributed by atoms with Gasteiger partial charge in [0.1, 0.15) is 17.8 Å². The number of pyridine rings is 1. The highest BCUT2D eigenvalue weighted by molar-refractivity contribution is 5.95. The highest BCUT2D eigenvalue weighted by Crippen LogP contribution is 2.26. The third-order valence-corrected chi connectivity index (χ3v) is 4.01. The highest BCUT2D eigenvalue weighted by Gasteiger charge is 2.42. The van der Waals surface area contributed by atoms with Crippen molar-refractivity contribution in [2.75, 3.05) is 13.7 Å². The van der Waals surface area contributed by atoms with Gasteiger partial charge in [-0.15, -0.1) is 0 Å². The van der Waals surface area contributed by atoms with E-state index in [1.165, 1.54) is 30.3 Å². The zero-order valence-corrected chi connectivity index (χ0v) is 13.6. The third-order valence-electron chi connectivity index (χ3n) is 4.01. The first-order valence-electron chi connectivity index (χ1n) is 7.81. The van der Waals surface area contributed by atoms with Crippen molar-refractivity contribution < 1.29 is 23.5 Å². The van der Waals surface area contributed by atoms with E-state index in [-0.39, 0.29) is 24.4 Å². The fourth-order valence-corrected chi connectivity index (χ4v) is 2.82. The number of hydrogen-bond donors (Lipinski definition) is 0. The lowest BCUT2D eigenvalue weighted by atomic mass is 10.2. The lowest BCUT2D eigenvalue weighted by molar-refractivity contribution is -0.145. The van der Waals surface area contributed by atoms with Crippen LogP contribution in [0.3, 0.4) is 0 Å². The van der Waals surface area contributed by atoms with E-state index in [1.54, 1.807) is 30.3 Å². The fraction of sp³-hybridized carbons (Fsp3) is 0.278. The Morgan fingerprint density at radius 3 is 2.64 bits per heavy atom. The van der Waals surface area contributed by atoms with Crippen molar-refractivity contribution >= 4 is 11.9 Å². The quantitative estimate of drug-likeness (QED) is 0.794. The van der Waals surface area contributed by atoms with Crippen LogP contribution < -0.4 is 4.74 Å². The maximum atomic E-state index is 13.8. The minimum absolute atomic E-state index is 0.0863. The van der Waals surface area contributed by atoms with Crippen molar-refractivity contribution in [1.82, 2.24) is 9.88 Å². The average molecular weight is 344 g/mol. The number of aromatic nitrogens is 1. The van der Waals surface area contributed by atoms with Crippen LogP contribution in [0.15, 0.2) is 48.7 Å². The number of hydrogen-bond acceptors (Lipinski definition) is 5. The van der Waals surface area contributed by atoms with E-state index >= 15 is 0 Å². The van der Waals surface area contributed by atoms with Crippen LogP contribution in [0.2, 0.25) is 0 Å². The number of carbonyl (C=O) groups is 2. The van der Waals surface area contributed by atoms with Gasteiger partial charge in [0.15, 0.2) is 11.6 Å². The molecule has 1 aliphatic rings. The van der Waals surface area contributed by atoms with Gasteiger partial charge >= 0.3 is 5.97 Å². The molecule has 25 heavy (non-hydrogen) atoms. The van der Waals surface area contributed by atoms with Crippen molar-refractivity contribution in [1.29, 1.82) is 0 Å². The van der Waals surface area contributed by atoms with Gasteiger partial charge in [-0.25, -0.2) is 9.18 Å². The lowest BCUT2D eigenvalue weighted by Gasteiger charge is -2.21. The van der Waals surface area contributed by atoms with E-state index < -0.39 is 29.8 Å². The summed E-state index contributed by atoms with van der Waals surface area (Å²) >= 11 is 0. The van der Waals surface area contributed by atoms with Gasteiger partial charge in [0.05, 0.1) is 13.7 Å². The Hall–Kier alpha value is -2.96. The summed E-state index contributed by atoms with van der Waals surface area (Å²) in [7, 11) is 1.26. The number of amides is 1. The van der Waals surface area contributed by atoms with Crippen LogP contribution in [0, 0.1) is 5.82 Å². The number of para-hydroxylation sites is 1. The molecule has 7 heteroatoms. The van der Waals surface area contributed by atoms with Crippen molar-refractivity contribution in [3.63, 3.8) is 0 Å². The van der Waals surface area contributed by atoms with Crippen molar-refractivity contribution in [2.45, 2.75) is 18.6 Å². The molecule has 1 amide bonds. The van der Waals surface area contributed by atoms with Gasteiger partial charge in [0, 0.05) is 12.6 Å². The van der Waals surface area contributed by atoms with Crippen LogP contribution in [0.5, 0.6) is 5.75 Å². The van der Waals surface area contributed by atoms with Crippen LogP contribution in [-0.2, 0) is 9.53 Å². The molecular weight excluding hydrogens is 327 g/mol. The molecule has 1 aromatic heterocycles. The van der Waals surface area contributed by atoms with Gasteiger partial charge < -0.3 is 14.4 Å². The third kappa shape index (κ3) is 3.60. The molecule has 0 radical (unpaired) electrons. The Labute approximate surface area is 144 Å². The van der Waals surface area contributed by atoms with E-state index in [1.807, 2.05) is 0 Å². The second-order valence-corrected chi connectivity index (χ2v) is 5.62. The van der Waals surface area contributed by atoms with Crippen LogP contribution in [0.1, 0.15) is 16.9 Å². The summed E-state index contributed by atoms with van der Waals surface area (Å²) in [6, 6.07) is 10.2. The van der Waals surface area contributed by atoms with Gasteiger partial charge in [-0.1, -0.05) is 18.2 Å². The van der Waals surface area contributed by atoms with Crippen LogP contribution in [0.4, 0.5) is 4.39 Å². The molecule has 2 heterocycles. The molecule has 1 fully saturated rings. The summed E-state index contributed by atoms with van der Waals surface area (Å²) in [5.74, 6) is -1.34. The highest BCUT2D eigenvalue weighted by atomic mass is 19.1. The molecule has 0 spiro atoms. The number of benzene rings is 1. The number of ether oxygens (including phenoxy) is 2. The molecule has 6 nitrogen and oxygen atoms in total. The van der Waals surface area contributed by atoms with Gasteiger partial charge in [-0.05, 0) is 24.3 Å². The average Bonchev–Trinajstić information content (AvgIpc) is 3.07. The molecule has 0 saturated carbocycles. The molecule has 3 rings (SSSR count). The normalized spacial score (nSPS) is 19.5. The minimum atomic E-state index is -0.795. The summed E-state index contributed by atoms with van der Waals surface area (Å²) in [6.07, 6.45) is 1.21. The number of likely N-dealkylation sites (tertiary alicyclic amines) is 1. The first-order valence-corrected chi connectivity index (χ1v) is 7.81. The Bertz CT molecular complexity index is 769. The van der Waals surface area contributed by atoms with Gasteiger partial charge in [-0.3, -0.25) is 9.78 Å². The second kappa shape index (κ2) is 7.29. The van der Waals surface area contributed by atoms with Crippen LogP contribution in [-0.4, -0.2) is 47.6 Å². The molecule has 130 valence electrons. The van der Waals surface area contributed by atoms with Crippen molar-refractivity contribution in [3.8, 4) is 5.75 Å². The van der Waals surface area contributed by atoms with Crippen LogP contribution in [0.25, 0.3) is 0 Å².